The van der Waals surface area contributed by atoms with Crippen LogP contribution in [0.5, 0.6) is 0 Å². The Balaban J connectivity index is 2.19. The van der Waals surface area contributed by atoms with Gasteiger partial charge in [-0.1, -0.05) is 6.92 Å². The lowest BCUT2D eigenvalue weighted by Gasteiger charge is -2.23. The van der Waals surface area contributed by atoms with E-state index in [9.17, 15) is 31.1 Å². The minimum absolute atomic E-state index is 0.0315. The molecule has 0 spiro atoms. The maximum atomic E-state index is 13.8. The second kappa shape index (κ2) is 6.37. The number of nitrogens with zero attached hydrogens (tertiary/aromatic N) is 1. The summed E-state index contributed by atoms with van der Waals surface area (Å²) >= 11 is 1.15. The van der Waals surface area contributed by atoms with Crippen LogP contribution < -0.4 is 0 Å². The van der Waals surface area contributed by atoms with Crippen molar-refractivity contribution in [3.8, 4) is 5.69 Å². The summed E-state index contributed by atoms with van der Waals surface area (Å²) in [7, 11) is 0. The number of thioether (sulfide) groups is 1. The van der Waals surface area contributed by atoms with Gasteiger partial charge in [0.05, 0.1) is 11.1 Å². The van der Waals surface area contributed by atoms with Crippen LogP contribution in [0.25, 0.3) is 5.69 Å². The molecule has 0 fully saturated rings. The van der Waals surface area contributed by atoms with Gasteiger partial charge in [-0.2, -0.15) is 22.0 Å². The Morgan fingerprint density at radius 3 is 2.58 bits per heavy atom. The number of ketones is 1. The van der Waals surface area contributed by atoms with Gasteiger partial charge in [0, 0.05) is 28.9 Å². The van der Waals surface area contributed by atoms with E-state index in [0.29, 0.717) is 17.9 Å². The number of alkyl halides is 5. The molecule has 3 rings (SSSR count). The average Bonchev–Trinajstić information content (AvgIpc) is 2.90. The van der Waals surface area contributed by atoms with Gasteiger partial charge >= 0.3 is 12.1 Å². The number of rotatable bonds is 3. The van der Waals surface area contributed by atoms with Crippen LogP contribution in [0.3, 0.4) is 0 Å². The van der Waals surface area contributed by atoms with Gasteiger partial charge in [-0.05, 0) is 30.4 Å². The van der Waals surface area contributed by atoms with Crippen molar-refractivity contribution >= 4 is 17.5 Å². The van der Waals surface area contributed by atoms with Crippen LogP contribution >= 0.6 is 11.8 Å². The van der Waals surface area contributed by atoms with Crippen LogP contribution in [0.2, 0.25) is 0 Å². The van der Waals surface area contributed by atoms with Crippen molar-refractivity contribution in [3.05, 3.63) is 47.0 Å². The number of halogens is 6. The zero-order valence-electron chi connectivity index (χ0n) is 13.5. The molecule has 0 N–H and O–H groups in total. The van der Waals surface area contributed by atoms with Crippen molar-refractivity contribution in [2.75, 3.05) is 5.75 Å². The van der Waals surface area contributed by atoms with E-state index >= 15 is 0 Å². The molecule has 1 aromatic carbocycles. The maximum Gasteiger partial charge on any atom is 0.419 e. The van der Waals surface area contributed by atoms with Gasteiger partial charge in [-0.3, -0.25) is 4.79 Å². The third-order valence-corrected chi connectivity index (χ3v) is 5.05. The number of hydrogen-bond donors (Lipinski definition) is 0. The molecule has 0 atom stereocenters. The quantitative estimate of drug-likeness (QED) is 0.507. The molecule has 1 aliphatic rings. The largest absolute Gasteiger partial charge is 0.419 e. The van der Waals surface area contributed by atoms with Crippen molar-refractivity contribution in [1.82, 2.24) is 4.57 Å². The van der Waals surface area contributed by atoms with Gasteiger partial charge in [0.1, 0.15) is 5.82 Å². The normalized spacial score (nSPS) is 16.7. The molecule has 1 aliphatic carbocycles. The summed E-state index contributed by atoms with van der Waals surface area (Å²) in [5.74, 6) is -5.76. The summed E-state index contributed by atoms with van der Waals surface area (Å²) in [6, 6.07) is 2.42. The zero-order chi connectivity index (χ0) is 19.3. The van der Waals surface area contributed by atoms with Gasteiger partial charge < -0.3 is 4.57 Å². The van der Waals surface area contributed by atoms with Crippen LogP contribution in [-0.2, 0) is 12.6 Å². The first-order valence-electron chi connectivity index (χ1n) is 7.73. The van der Waals surface area contributed by atoms with Crippen LogP contribution in [0, 0.1) is 5.82 Å². The summed E-state index contributed by atoms with van der Waals surface area (Å²) in [5.41, 5.74) is -1.42. The molecule has 26 heavy (non-hydrogen) atoms. The van der Waals surface area contributed by atoms with E-state index in [1.165, 1.54) is 10.8 Å². The lowest BCUT2D eigenvalue weighted by Crippen LogP contribution is -2.34. The monoisotopic (exact) mass is 393 g/mol. The number of carbonyl (C=O) groups excluding carboxylic acids is 1. The lowest BCUT2D eigenvalue weighted by molar-refractivity contribution is -0.140. The molecule has 0 bridgehead atoms. The van der Waals surface area contributed by atoms with Crippen molar-refractivity contribution in [1.29, 1.82) is 0 Å². The van der Waals surface area contributed by atoms with Gasteiger partial charge in [0.15, 0.2) is 0 Å². The van der Waals surface area contributed by atoms with E-state index in [0.717, 1.165) is 17.8 Å². The predicted molar refractivity (Wildman–Crippen MR) is 84.7 cm³/mol. The van der Waals surface area contributed by atoms with Crippen molar-refractivity contribution in [2.45, 2.75) is 36.8 Å². The molecule has 0 unspecified atom stereocenters. The van der Waals surface area contributed by atoms with E-state index in [1.54, 1.807) is 6.92 Å². The van der Waals surface area contributed by atoms with Crippen LogP contribution in [0.15, 0.2) is 29.3 Å². The zero-order valence-corrected chi connectivity index (χ0v) is 14.3. The van der Waals surface area contributed by atoms with Gasteiger partial charge in [0.2, 0.25) is 5.78 Å². The first kappa shape index (κ1) is 18.9. The first-order valence-corrected chi connectivity index (χ1v) is 8.71. The molecule has 2 nitrogen and oxygen atoms in total. The van der Waals surface area contributed by atoms with Crippen molar-refractivity contribution in [3.63, 3.8) is 0 Å². The molecule has 1 heterocycles. The average molecular weight is 393 g/mol. The van der Waals surface area contributed by atoms with E-state index in [2.05, 4.69) is 0 Å². The Bertz CT molecular complexity index is 871. The standard InChI is InChI=1S/C17H13F6NOS/c1-2-26-13-8-24(12-5-6-16(19,20)15(25)14(12)13)9-3-4-11(18)10(7-9)17(21,22)23/h3-4,7-8H,2,5-6H2,1H3. The number of benzene rings is 1. The fourth-order valence-corrected chi connectivity index (χ4v) is 3.80. The van der Waals surface area contributed by atoms with E-state index in [1.807, 2.05) is 0 Å². The smallest absolute Gasteiger partial charge is 0.319 e. The highest BCUT2D eigenvalue weighted by atomic mass is 32.2. The van der Waals surface area contributed by atoms with Gasteiger partial charge in [-0.25, -0.2) is 4.39 Å². The Hall–Kier alpha value is -1.90. The summed E-state index contributed by atoms with van der Waals surface area (Å²) in [6.45, 7) is 1.76. The van der Waals surface area contributed by atoms with E-state index in [4.69, 9.17) is 0 Å². The molecular formula is C17H13F6NOS. The second-order valence-electron chi connectivity index (χ2n) is 5.81. The summed E-state index contributed by atoms with van der Waals surface area (Å²) < 4.78 is 81.3. The fraction of sp³-hybridized carbons (Fsp3) is 0.353. The topological polar surface area (TPSA) is 22.0 Å². The Morgan fingerprint density at radius 1 is 1.27 bits per heavy atom. The molecule has 2 aromatic rings. The third-order valence-electron chi connectivity index (χ3n) is 4.14. The summed E-state index contributed by atoms with van der Waals surface area (Å²) in [4.78, 5) is 12.4. The molecule has 0 radical (unpaired) electrons. The number of Topliss-reactive ketones (excluding diaryl/α,β-unsaturated/α-hetero) is 1. The fourth-order valence-electron chi connectivity index (χ4n) is 2.96. The van der Waals surface area contributed by atoms with E-state index < -0.39 is 35.7 Å². The van der Waals surface area contributed by atoms with Gasteiger partial charge in [-0.15, -0.1) is 11.8 Å². The predicted octanol–water partition coefficient (Wildman–Crippen LogP) is 5.51. The lowest BCUT2D eigenvalue weighted by atomic mass is 9.93. The first-order chi connectivity index (χ1) is 12.1. The molecular weight excluding hydrogens is 380 g/mol. The summed E-state index contributed by atoms with van der Waals surface area (Å²) in [6.07, 6.45) is -4.41. The van der Waals surface area contributed by atoms with Crippen molar-refractivity contribution < 1.29 is 31.1 Å². The highest BCUT2D eigenvalue weighted by Crippen LogP contribution is 2.41. The van der Waals surface area contributed by atoms with Gasteiger partial charge in [0.25, 0.3) is 0 Å². The number of hydrogen-bond acceptors (Lipinski definition) is 2. The third kappa shape index (κ3) is 3.13. The minimum atomic E-state index is -4.89. The molecule has 0 amide bonds. The molecule has 0 saturated carbocycles. The molecule has 9 heteroatoms. The number of aromatic nitrogens is 1. The minimum Gasteiger partial charge on any atom is -0.319 e. The Labute approximate surface area is 149 Å². The molecule has 0 aliphatic heterocycles. The number of fused-ring (bicyclic) bond motifs is 1. The molecule has 140 valence electrons. The highest BCUT2D eigenvalue weighted by molar-refractivity contribution is 7.99. The second-order valence-corrected chi connectivity index (χ2v) is 7.12. The van der Waals surface area contributed by atoms with E-state index in [-0.39, 0.29) is 28.3 Å². The van der Waals surface area contributed by atoms with Crippen LogP contribution in [0.4, 0.5) is 26.3 Å². The SMILES string of the molecule is CCSc1cn(-c2ccc(F)c(C(F)(F)F)c2)c2c1C(=O)C(F)(F)CC2. The highest BCUT2D eigenvalue weighted by Gasteiger charge is 2.46. The Morgan fingerprint density at radius 2 is 1.96 bits per heavy atom. The Kier molecular flexibility index (Phi) is 4.62. The molecule has 1 aromatic heterocycles. The summed E-state index contributed by atoms with van der Waals surface area (Å²) in [5, 5.41) is 0. The van der Waals surface area contributed by atoms with Crippen LogP contribution in [-0.4, -0.2) is 22.0 Å². The molecule has 0 saturated heterocycles. The number of carbonyl (C=O) groups is 1. The van der Waals surface area contributed by atoms with Crippen molar-refractivity contribution in [2.24, 2.45) is 0 Å². The van der Waals surface area contributed by atoms with Crippen LogP contribution in [0.1, 0.15) is 35.0 Å². The maximum absolute atomic E-state index is 13.8.